The van der Waals surface area contributed by atoms with Crippen LogP contribution in [0.4, 0.5) is 0 Å². The summed E-state index contributed by atoms with van der Waals surface area (Å²) in [6.07, 6.45) is 0.499. The largest absolute Gasteiger partial charge is 0.340 e. The van der Waals surface area contributed by atoms with Crippen LogP contribution in [0.5, 0.6) is 0 Å². The molecule has 0 N–H and O–H groups in total. The maximum absolute atomic E-state index is 12.6. The van der Waals surface area contributed by atoms with Crippen LogP contribution < -0.4 is 0 Å². The molecule has 8 heteroatoms. The summed E-state index contributed by atoms with van der Waals surface area (Å²) in [7, 11) is -3.42. The number of piperazine rings is 1. The molecule has 1 saturated heterocycles. The van der Waals surface area contributed by atoms with Crippen LogP contribution in [0.1, 0.15) is 25.1 Å². The van der Waals surface area contributed by atoms with Crippen LogP contribution in [-0.2, 0) is 14.8 Å². The van der Waals surface area contributed by atoms with E-state index < -0.39 is 10.0 Å². The minimum absolute atomic E-state index is 0.117. The molecule has 136 valence electrons. The smallest absolute Gasteiger partial charge is 0.252 e. The highest BCUT2D eigenvalue weighted by atomic mass is 32.2. The molecule has 24 heavy (non-hydrogen) atoms. The summed E-state index contributed by atoms with van der Waals surface area (Å²) in [5.74, 6) is 0.117. The van der Waals surface area contributed by atoms with E-state index in [1.54, 1.807) is 11.0 Å². The predicted octanol–water partition coefficient (Wildman–Crippen LogP) is 1.62. The van der Waals surface area contributed by atoms with E-state index >= 15 is 0 Å². The van der Waals surface area contributed by atoms with Crippen LogP contribution in [0, 0.1) is 6.92 Å². The molecule has 1 aromatic rings. The molecule has 0 bridgehead atoms. The zero-order chi connectivity index (χ0) is 17.7. The molecule has 1 aliphatic heterocycles. The number of sulfonamides is 1. The van der Waals surface area contributed by atoms with Gasteiger partial charge in [0.2, 0.25) is 5.91 Å². The molecule has 0 radical (unpaired) electrons. The highest BCUT2D eigenvalue weighted by Crippen LogP contribution is 2.25. The zero-order valence-corrected chi connectivity index (χ0v) is 16.3. The van der Waals surface area contributed by atoms with Crippen molar-refractivity contribution in [3.63, 3.8) is 0 Å². The number of aryl methyl sites for hydroxylation is 1. The molecule has 0 aromatic carbocycles. The standard InChI is InChI=1S/C16H27N3O3S2/c1-4-17(5-2)9-8-15(20)18-10-12-19(13-11-18)24(21,22)16-7-6-14(3)23-16/h6-7H,4-5,8-13H2,1-3H3. The van der Waals surface area contributed by atoms with Gasteiger partial charge in [0.1, 0.15) is 4.21 Å². The fraction of sp³-hybridized carbons (Fsp3) is 0.688. The Morgan fingerprint density at radius 1 is 1.17 bits per heavy atom. The third kappa shape index (κ3) is 4.56. The first-order chi connectivity index (χ1) is 11.4. The molecule has 0 aliphatic carbocycles. The SMILES string of the molecule is CCN(CC)CCC(=O)N1CCN(S(=O)(=O)c2ccc(C)s2)CC1. The average molecular weight is 374 g/mol. The van der Waals surface area contributed by atoms with Gasteiger partial charge >= 0.3 is 0 Å². The number of hydrogen-bond donors (Lipinski definition) is 0. The third-order valence-corrected chi connectivity index (χ3v) is 7.80. The van der Waals surface area contributed by atoms with E-state index in [1.807, 2.05) is 13.0 Å². The lowest BCUT2D eigenvalue weighted by Gasteiger charge is -2.34. The number of hydrogen-bond acceptors (Lipinski definition) is 5. The van der Waals surface area contributed by atoms with Gasteiger partial charge < -0.3 is 9.80 Å². The van der Waals surface area contributed by atoms with Gasteiger partial charge in [0, 0.05) is 44.0 Å². The summed E-state index contributed by atoms with van der Waals surface area (Å²) in [4.78, 5) is 17.3. The Morgan fingerprint density at radius 2 is 1.79 bits per heavy atom. The van der Waals surface area contributed by atoms with E-state index in [9.17, 15) is 13.2 Å². The fourth-order valence-electron chi connectivity index (χ4n) is 2.81. The monoisotopic (exact) mass is 373 g/mol. The van der Waals surface area contributed by atoms with E-state index in [0.29, 0.717) is 36.8 Å². The van der Waals surface area contributed by atoms with Crippen molar-refractivity contribution in [2.45, 2.75) is 31.4 Å². The van der Waals surface area contributed by atoms with Crippen molar-refractivity contribution < 1.29 is 13.2 Å². The van der Waals surface area contributed by atoms with Crippen molar-refractivity contribution in [3.8, 4) is 0 Å². The summed E-state index contributed by atoms with van der Waals surface area (Å²) < 4.78 is 27.1. The van der Waals surface area contributed by atoms with E-state index in [2.05, 4.69) is 18.7 Å². The van der Waals surface area contributed by atoms with Crippen molar-refractivity contribution >= 4 is 27.3 Å². The second-order valence-electron chi connectivity index (χ2n) is 5.93. The first kappa shape index (κ1) is 19.4. The summed E-state index contributed by atoms with van der Waals surface area (Å²) in [6.45, 7) is 10.4. The van der Waals surface area contributed by atoms with Crippen molar-refractivity contribution in [2.24, 2.45) is 0 Å². The van der Waals surface area contributed by atoms with Crippen LogP contribution in [0.3, 0.4) is 0 Å². The van der Waals surface area contributed by atoms with E-state index in [1.165, 1.54) is 15.6 Å². The van der Waals surface area contributed by atoms with Gasteiger partial charge in [-0.05, 0) is 32.1 Å². The number of nitrogens with zero attached hydrogens (tertiary/aromatic N) is 3. The van der Waals surface area contributed by atoms with Gasteiger partial charge in [-0.2, -0.15) is 4.31 Å². The predicted molar refractivity (Wildman–Crippen MR) is 96.8 cm³/mol. The Hall–Kier alpha value is -0.960. The minimum atomic E-state index is -3.42. The zero-order valence-electron chi connectivity index (χ0n) is 14.7. The van der Waals surface area contributed by atoms with Gasteiger partial charge in [-0.1, -0.05) is 13.8 Å². The van der Waals surface area contributed by atoms with Crippen LogP contribution in [-0.4, -0.2) is 74.2 Å². The molecular weight excluding hydrogens is 346 g/mol. The lowest BCUT2D eigenvalue weighted by Crippen LogP contribution is -2.50. The fourth-order valence-corrected chi connectivity index (χ4v) is 5.67. The second kappa shape index (κ2) is 8.42. The van der Waals surface area contributed by atoms with Crippen LogP contribution in [0.25, 0.3) is 0 Å². The Labute approximate surface area is 149 Å². The van der Waals surface area contributed by atoms with Gasteiger partial charge in [0.05, 0.1) is 0 Å². The van der Waals surface area contributed by atoms with E-state index in [4.69, 9.17) is 0 Å². The Kier molecular flexibility index (Phi) is 6.79. The maximum atomic E-state index is 12.6. The molecular formula is C16H27N3O3S2. The highest BCUT2D eigenvalue weighted by molar-refractivity contribution is 7.91. The molecule has 2 heterocycles. The Bertz CT molecular complexity index is 645. The molecule has 1 aliphatic rings. The van der Waals surface area contributed by atoms with Crippen molar-refractivity contribution in [1.29, 1.82) is 0 Å². The number of thiophene rings is 1. The molecule has 2 rings (SSSR count). The van der Waals surface area contributed by atoms with E-state index in [-0.39, 0.29) is 5.91 Å². The van der Waals surface area contributed by atoms with Gasteiger partial charge in [-0.15, -0.1) is 11.3 Å². The maximum Gasteiger partial charge on any atom is 0.252 e. The molecule has 0 atom stereocenters. The van der Waals surface area contributed by atoms with Crippen LogP contribution in [0.2, 0.25) is 0 Å². The number of carbonyl (C=O) groups excluding carboxylic acids is 1. The van der Waals surface area contributed by atoms with Gasteiger partial charge in [0.15, 0.2) is 0 Å². The topological polar surface area (TPSA) is 60.9 Å². The summed E-state index contributed by atoms with van der Waals surface area (Å²) in [5, 5.41) is 0. The first-order valence-corrected chi connectivity index (χ1v) is 10.7. The number of carbonyl (C=O) groups is 1. The van der Waals surface area contributed by atoms with Gasteiger partial charge in [0.25, 0.3) is 10.0 Å². The highest BCUT2D eigenvalue weighted by Gasteiger charge is 2.30. The lowest BCUT2D eigenvalue weighted by molar-refractivity contribution is -0.132. The van der Waals surface area contributed by atoms with Gasteiger partial charge in [-0.25, -0.2) is 8.42 Å². The van der Waals surface area contributed by atoms with Crippen molar-refractivity contribution in [2.75, 3.05) is 45.8 Å². The number of amides is 1. The molecule has 1 fully saturated rings. The van der Waals surface area contributed by atoms with Crippen LogP contribution >= 0.6 is 11.3 Å². The van der Waals surface area contributed by atoms with E-state index in [0.717, 1.165) is 24.5 Å². The Morgan fingerprint density at radius 3 is 2.29 bits per heavy atom. The summed E-state index contributed by atoms with van der Waals surface area (Å²) in [5.41, 5.74) is 0. The molecule has 0 spiro atoms. The second-order valence-corrected chi connectivity index (χ2v) is 9.38. The molecule has 0 unspecified atom stereocenters. The molecule has 1 amide bonds. The Balaban J connectivity index is 1.88. The molecule has 0 saturated carbocycles. The minimum Gasteiger partial charge on any atom is -0.340 e. The molecule has 1 aromatic heterocycles. The normalized spacial score (nSPS) is 16.8. The average Bonchev–Trinajstić information content (AvgIpc) is 3.03. The van der Waals surface area contributed by atoms with Crippen LogP contribution in [0.15, 0.2) is 16.3 Å². The third-order valence-electron chi connectivity index (χ3n) is 4.44. The first-order valence-electron chi connectivity index (χ1n) is 8.45. The number of rotatable bonds is 7. The lowest BCUT2D eigenvalue weighted by atomic mass is 10.3. The van der Waals surface area contributed by atoms with Gasteiger partial charge in [-0.3, -0.25) is 4.79 Å². The quantitative estimate of drug-likeness (QED) is 0.729. The van der Waals surface area contributed by atoms with Crippen molar-refractivity contribution in [1.82, 2.24) is 14.1 Å². The van der Waals surface area contributed by atoms with Crippen molar-refractivity contribution in [3.05, 3.63) is 17.0 Å². The summed E-state index contributed by atoms with van der Waals surface area (Å²) >= 11 is 1.30. The summed E-state index contributed by atoms with van der Waals surface area (Å²) in [6, 6.07) is 3.49. The molecule has 6 nitrogen and oxygen atoms in total.